The van der Waals surface area contributed by atoms with Crippen LogP contribution in [0.25, 0.3) is 11.4 Å². The predicted molar refractivity (Wildman–Crippen MR) is 111 cm³/mol. The Bertz CT molecular complexity index is 807. The summed E-state index contributed by atoms with van der Waals surface area (Å²) in [6.45, 7) is 2.33. The fourth-order valence-electron chi connectivity index (χ4n) is 4.19. The van der Waals surface area contributed by atoms with Gasteiger partial charge in [-0.25, -0.2) is 0 Å². The van der Waals surface area contributed by atoms with Crippen LogP contribution in [0.2, 0.25) is 0 Å². The quantitative estimate of drug-likeness (QED) is 0.759. The van der Waals surface area contributed by atoms with Crippen LogP contribution < -0.4 is 5.32 Å². The molecule has 146 valence electrons. The zero-order chi connectivity index (χ0) is 18.8. The minimum atomic E-state index is 0.110. The van der Waals surface area contributed by atoms with Gasteiger partial charge in [0, 0.05) is 28.9 Å². The Morgan fingerprint density at radius 1 is 1.30 bits per heavy atom. The first-order valence-electron chi connectivity index (χ1n) is 10.0. The number of carbonyl (C=O) groups excluding carboxylic acids is 1. The molecule has 1 unspecified atom stereocenters. The molecule has 2 aromatic rings. The highest BCUT2D eigenvalue weighted by Crippen LogP contribution is 2.38. The normalized spacial score (nSPS) is 20.4. The second-order valence-corrected chi connectivity index (χ2v) is 9.86. The Kier molecular flexibility index (Phi) is 5.88. The number of aromatic nitrogens is 3. The molecule has 0 saturated heterocycles. The van der Waals surface area contributed by atoms with Gasteiger partial charge >= 0.3 is 0 Å². The Morgan fingerprint density at radius 3 is 2.93 bits per heavy atom. The van der Waals surface area contributed by atoms with E-state index >= 15 is 0 Å². The van der Waals surface area contributed by atoms with E-state index in [9.17, 15) is 4.79 Å². The lowest BCUT2D eigenvalue weighted by atomic mass is 9.88. The van der Waals surface area contributed by atoms with Crippen LogP contribution in [0.5, 0.6) is 0 Å². The lowest BCUT2D eigenvalue weighted by Crippen LogP contribution is -2.37. The summed E-state index contributed by atoms with van der Waals surface area (Å²) < 4.78 is 2.04. The zero-order valence-corrected chi connectivity index (χ0v) is 17.8. The molecule has 0 radical (unpaired) electrons. The smallest absolute Gasteiger partial charge is 0.230 e. The maximum atomic E-state index is 12.3. The second-order valence-electron chi connectivity index (χ2n) is 7.96. The monoisotopic (exact) mass is 404 g/mol. The summed E-state index contributed by atoms with van der Waals surface area (Å²) in [6, 6.07) is 0.363. The van der Waals surface area contributed by atoms with Gasteiger partial charge in [0.2, 0.25) is 5.91 Å². The van der Waals surface area contributed by atoms with E-state index in [0.29, 0.717) is 11.8 Å². The Morgan fingerprint density at radius 2 is 2.11 bits per heavy atom. The minimum Gasteiger partial charge on any atom is -0.353 e. The van der Waals surface area contributed by atoms with Crippen molar-refractivity contribution in [2.24, 2.45) is 13.0 Å². The molecule has 1 atom stereocenters. The molecular weight excluding hydrogens is 376 g/mol. The molecule has 0 aromatic carbocycles. The third-order valence-electron chi connectivity index (χ3n) is 5.78. The summed E-state index contributed by atoms with van der Waals surface area (Å²) in [5.41, 5.74) is 2.69. The van der Waals surface area contributed by atoms with Gasteiger partial charge in [0.25, 0.3) is 0 Å². The van der Waals surface area contributed by atoms with Crippen LogP contribution in [-0.2, 0) is 24.7 Å². The minimum absolute atomic E-state index is 0.110. The van der Waals surface area contributed by atoms with E-state index in [1.807, 2.05) is 23.0 Å². The lowest BCUT2D eigenvalue weighted by molar-refractivity contribution is -0.119. The van der Waals surface area contributed by atoms with Gasteiger partial charge in [-0.2, -0.15) is 0 Å². The van der Waals surface area contributed by atoms with Gasteiger partial charge in [0.15, 0.2) is 11.0 Å². The van der Waals surface area contributed by atoms with Gasteiger partial charge in [0.1, 0.15) is 0 Å². The molecule has 1 N–H and O–H groups in total. The van der Waals surface area contributed by atoms with Crippen molar-refractivity contribution in [2.45, 2.75) is 69.5 Å². The van der Waals surface area contributed by atoms with E-state index in [4.69, 9.17) is 0 Å². The molecular formula is C20H28N4OS2. The van der Waals surface area contributed by atoms with Crippen LogP contribution in [0.4, 0.5) is 0 Å². The third kappa shape index (κ3) is 4.24. The van der Waals surface area contributed by atoms with Gasteiger partial charge < -0.3 is 9.88 Å². The molecule has 4 rings (SSSR count). The first-order valence-corrected chi connectivity index (χ1v) is 11.9. The number of carbonyl (C=O) groups is 1. The molecule has 2 aromatic heterocycles. The summed E-state index contributed by atoms with van der Waals surface area (Å²) in [4.78, 5) is 13.8. The van der Waals surface area contributed by atoms with Crippen LogP contribution in [0, 0.1) is 5.92 Å². The third-order valence-corrected chi connectivity index (χ3v) is 7.85. The van der Waals surface area contributed by atoms with Gasteiger partial charge in [0.05, 0.1) is 5.75 Å². The molecule has 0 spiro atoms. The topological polar surface area (TPSA) is 59.8 Å². The molecule has 1 amide bonds. The van der Waals surface area contributed by atoms with E-state index in [1.54, 1.807) is 0 Å². The molecule has 0 bridgehead atoms. The number of hydrogen-bond donors (Lipinski definition) is 1. The average molecular weight is 405 g/mol. The predicted octanol–water partition coefficient (Wildman–Crippen LogP) is 4.21. The van der Waals surface area contributed by atoms with E-state index in [0.717, 1.165) is 36.2 Å². The summed E-state index contributed by atoms with van der Waals surface area (Å²) >= 11 is 3.33. The molecule has 1 fully saturated rings. The number of thiophene rings is 1. The van der Waals surface area contributed by atoms with Gasteiger partial charge in [-0.3, -0.25) is 4.79 Å². The van der Waals surface area contributed by atoms with Crippen molar-refractivity contribution in [3.63, 3.8) is 0 Å². The van der Waals surface area contributed by atoms with Crippen molar-refractivity contribution in [3.8, 4) is 11.4 Å². The highest BCUT2D eigenvalue weighted by molar-refractivity contribution is 7.99. The molecule has 7 heteroatoms. The molecule has 5 nitrogen and oxygen atoms in total. The number of rotatable bonds is 5. The maximum absolute atomic E-state index is 12.3. The van der Waals surface area contributed by atoms with Crippen LogP contribution in [-0.4, -0.2) is 32.5 Å². The number of nitrogens with one attached hydrogen (secondary N) is 1. The van der Waals surface area contributed by atoms with Crippen molar-refractivity contribution in [1.29, 1.82) is 0 Å². The number of thioether (sulfide) groups is 1. The average Bonchev–Trinajstić information content (AvgIpc) is 3.23. The van der Waals surface area contributed by atoms with Crippen molar-refractivity contribution in [3.05, 3.63) is 15.8 Å². The number of amides is 1. The van der Waals surface area contributed by atoms with E-state index < -0.39 is 0 Å². The van der Waals surface area contributed by atoms with Crippen LogP contribution in [0.15, 0.2) is 10.5 Å². The summed E-state index contributed by atoms with van der Waals surface area (Å²) in [5.74, 6) is 2.22. The van der Waals surface area contributed by atoms with Crippen LogP contribution in [0.3, 0.4) is 0 Å². The number of fused-ring (bicyclic) bond motifs is 1. The van der Waals surface area contributed by atoms with Crippen molar-refractivity contribution in [2.75, 3.05) is 5.75 Å². The fourth-order valence-corrected chi connectivity index (χ4v) is 6.15. The van der Waals surface area contributed by atoms with Crippen molar-refractivity contribution in [1.82, 2.24) is 20.1 Å². The Hall–Kier alpha value is -1.34. The molecule has 2 heterocycles. The maximum Gasteiger partial charge on any atom is 0.230 e. The van der Waals surface area contributed by atoms with Crippen LogP contribution >= 0.6 is 23.1 Å². The van der Waals surface area contributed by atoms with E-state index in [-0.39, 0.29) is 5.91 Å². The number of nitrogens with zero attached hydrogens (tertiary/aromatic N) is 3. The zero-order valence-electron chi connectivity index (χ0n) is 16.2. The first kappa shape index (κ1) is 19.0. The van der Waals surface area contributed by atoms with Crippen LogP contribution in [0.1, 0.15) is 55.9 Å². The fraction of sp³-hybridized carbons (Fsp3) is 0.650. The summed E-state index contributed by atoms with van der Waals surface area (Å²) in [7, 11) is 2.01. The van der Waals surface area contributed by atoms with Gasteiger partial charge in [-0.1, -0.05) is 37.9 Å². The summed E-state index contributed by atoms with van der Waals surface area (Å²) in [5, 5.41) is 15.0. The molecule has 27 heavy (non-hydrogen) atoms. The first-order chi connectivity index (χ1) is 13.1. The highest BCUT2D eigenvalue weighted by atomic mass is 32.2. The Balaban J connectivity index is 1.40. The summed E-state index contributed by atoms with van der Waals surface area (Å²) in [6.07, 6.45) is 9.56. The largest absolute Gasteiger partial charge is 0.353 e. The SMILES string of the molecule is CC1CCc2c(-c3nnc(SCC(=O)NC4CCCCC4)n3C)csc2C1. The van der Waals surface area contributed by atoms with E-state index in [1.165, 1.54) is 59.9 Å². The highest BCUT2D eigenvalue weighted by Gasteiger charge is 2.24. The van der Waals surface area contributed by atoms with Crippen molar-refractivity contribution >= 4 is 29.0 Å². The molecule has 1 saturated carbocycles. The van der Waals surface area contributed by atoms with Crippen molar-refractivity contribution < 1.29 is 4.79 Å². The van der Waals surface area contributed by atoms with E-state index in [2.05, 4.69) is 27.8 Å². The lowest BCUT2D eigenvalue weighted by Gasteiger charge is -2.22. The Labute approximate surface area is 169 Å². The molecule has 2 aliphatic carbocycles. The molecule has 2 aliphatic rings. The van der Waals surface area contributed by atoms with Gasteiger partial charge in [-0.05, 0) is 43.6 Å². The standard InChI is InChI=1S/C20H28N4OS2/c1-13-8-9-15-16(11-26-17(15)10-13)19-22-23-20(24(19)2)27-12-18(25)21-14-6-4-3-5-7-14/h11,13-14H,3-10,12H2,1-2H3,(H,21,25). The van der Waals surface area contributed by atoms with Gasteiger partial charge in [-0.15, -0.1) is 21.5 Å². The second kappa shape index (κ2) is 8.35. The number of hydrogen-bond acceptors (Lipinski definition) is 5. The molecule has 0 aliphatic heterocycles.